The molecule has 1 aliphatic rings. The van der Waals surface area contributed by atoms with E-state index in [4.69, 9.17) is 11.2 Å². The third-order valence-corrected chi connectivity index (χ3v) is 2.90. The lowest BCUT2D eigenvalue weighted by molar-refractivity contribution is -0.00624. The predicted molar refractivity (Wildman–Crippen MR) is 64.0 cm³/mol. The summed E-state index contributed by atoms with van der Waals surface area (Å²) in [7, 11) is 0. The van der Waals surface area contributed by atoms with Gasteiger partial charge in [0.25, 0.3) is 0 Å². The van der Waals surface area contributed by atoms with Gasteiger partial charge in [-0.25, -0.2) is 4.79 Å². The van der Waals surface area contributed by atoms with Gasteiger partial charge in [0.15, 0.2) is 0 Å². The highest BCUT2D eigenvalue weighted by molar-refractivity contribution is 5.70. The van der Waals surface area contributed by atoms with Gasteiger partial charge in [-0.1, -0.05) is 5.92 Å². The molecule has 90 valence electrons. The maximum atomic E-state index is 12.0. The first kappa shape index (κ1) is 12.9. The van der Waals surface area contributed by atoms with Crippen LogP contribution in [0.5, 0.6) is 0 Å². The van der Waals surface area contributed by atoms with Crippen molar-refractivity contribution in [1.29, 1.82) is 0 Å². The fourth-order valence-electron chi connectivity index (χ4n) is 1.93. The van der Waals surface area contributed by atoms with Crippen molar-refractivity contribution < 1.29 is 9.53 Å². The van der Waals surface area contributed by atoms with Crippen LogP contribution in [0.25, 0.3) is 0 Å². The molecule has 0 saturated heterocycles. The van der Waals surface area contributed by atoms with Gasteiger partial charge in [-0.2, -0.15) is 0 Å². The molecule has 0 N–H and O–H groups in total. The second-order valence-electron chi connectivity index (χ2n) is 5.25. The van der Waals surface area contributed by atoms with E-state index in [0.29, 0.717) is 6.54 Å². The molecule has 1 aliphatic carbocycles. The van der Waals surface area contributed by atoms with E-state index in [1.807, 2.05) is 27.7 Å². The van der Waals surface area contributed by atoms with E-state index in [2.05, 4.69) is 5.92 Å². The summed E-state index contributed by atoms with van der Waals surface area (Å²) in [6, 6.07) is 0. The molecular formula is C13H21NO2. The highest BCUT2D eigenvalue weighted by Gasteiger charge is 2.44. The van der Waals surface area contributed by atoms with Crippen LogP contribution in [0.4, 0.5) is 4.79 Å². The van der Waals surface area contributed by atoms with Crippen LogP contribution in [-0.2, 0) is 4.74 Å². The van der Waals surface area contributed by atoms with Gasteiger partial charge in [0.1, 0.15) is 11.1 Å². The average Bonchev–Trinajstić information content (AvgIpc) is 2.07. The zero-order valence-corrected chi connectivity index (χ0v) is 10.7. The Morgan fingerprint density at radius 3 is 2.31 bits per heavy atom. The average molecular weight is 223 g/mol. The van der Waals surface area contributed by atoms with Gasteiger partial charge in [0.2, 0.25) is 0 Å². The molecule has 0 heterocycles. The highest BCUT2D eigenvalue weighted by atomic mass is 16.6. The monoisotopic (exact) mass is 223 g/mol. The molecule has 0 aromatic rings. The summed E-state index contributed by atoms with van der Waals surface area (Å²) in [5, 5.41) is 0. The van der Waals surface area contributed by atoms with Gasteiger partial charge in [-0.3, -0.25) is 4.90 Å². The van der Waals surface area contributed by atoms with Crippen molar-refractivity contribution in [2.45, 2.75) is 58.1 Å². The first-order valence-corrected chi connectivity index (χ1v) is 5.83. The number of ether oxygens (including phenoxy) is 1. The van der Waals surface area contributed by atoms with Crippen LogP contribution in [0.3, 0.4) is 0 Å². The Morgan fingerprint density at radius 1 is 1.50 bits per heavy atom. The number of hydrogen-bond acceptors (Lipinski definition) is 2. The number of nitrogens with zero attached hydrogens (tertiary/aromatic N) is 1. The van der Waals surface area contributed by atoms with E-state index in [1.165, 1.54) is 0 Å². The molecule has 1 saturated carbocycles. The molecule has 0 radical (unpaired) electrons. The number of amides is 1. The van der Waals surface area contributed by atoms with Gasteiger partial charge in [-0.15, -0.1) is 6.42 Å². The first-order valence-electron chi connectivity index (χ1n) is 5.83. The van der Waals surface area contributed by atoms with E-state index >= 15 is 0 Å². The van der Waals surface area contributed by atoms with Crippen molar-refractivity contribution in [1.82, 2.24) is 4.90 Å². The molecule has 3 nitrogen and oxygen atoms in total. The topological polar surface area (TPSA) is 29.5 Å². The minimum atomic E-state index is -0.468. The second kappa shape index (κ2) is 4.37. The van der Waals surface area contributed by atoms with Gasteiger partial charge in [0.05, 0.1) is 0 Å². The molecule has 0 bridgehead atoms. The minimum absolute atomic E-state index is 0.298. The van der Waals surface area contributed by atoms with E-state index in [-0.39, 0.29) is 6.09 Å². The van der Waals surface area contributed by atoms with Crippen molar-refractivity contribution in [3.05, 3.63) is 0 Å². The molecule has 0 spiro atoms. The lowest BCUT2D eigenvalue weighted by Gasteiger charge is -2.46. The molecule has 16 heavy (non-hydrogen) atoms. The van der Waals surface area contributed by atoms with E-state index in [0.717, 1.165) is 19.3 Å². The Bertz CT molecular complexity index is 305. The Balaban J connectivity index is 2.75. The SMILES string of the molecule is C#CC1(N(CC)C(=O)OC(C)(C)C)CCC1. The summed E-state index contributed by atoms with van der Waals surface area (Å²) < 4.78 is 5.37. The first-order chi connectivity index (χ1) is 7.34. The zero-order valence-electron chi connectivity index (χ0n) is 10.7. The fourth-order valence-corrected chi connectivity index (χ4v) is 1.93. The summed E-state index contributed by atoms with van der Waals surface area (Å²) in [5.41, 5.74) is -0.860. The number of carbonyl (C=O) groups is 1. The smallest absolute Gasteiger partial charge is 0.411 e. The zero-order chi connectivity index (χ0) is 12.4. The second-order valence-corrected chi connectivity index (χ2v) is 5.25. The van der Waals surface area contributed by atoms with Crippen LogP contribution in [0.15, 0.2) is 0 Å². The molecule has 3 heteroatoms. The van der Waals surface area contributed by atoms with Crippen molar-refractivity contribution in [3.8, 4) is 12.3 Å². The minimum Gasteiger partial charge on any atom is -0.444 e. The maximum absolute atomic E-state index is 12.0. The summed E-state index contributed by atoms with van der Waals surface area (Å²) in [4.78, 5) is 13.7. The summed E-state index contributed by atoms with van der Waals surface area (Å²) >= 11 is 0. The third kappa shape index (κ3) is 2.49. The largest absolute Gasteiger partial charge is 0.444 e. The van der Waals surface area contributed by atoms with Crippen molar-refractivity contribution in [3.63, 3.8) is 0 Å². The Morgan fingerprint density at radius 2 is 2.06 bits per heavy atom. The number of rotatable bonds is 2. The van der Waals surface area contributed by atoms with Crippen LogP contribution in [0, 0.1) is 12.3 Å². The lowest BCUT2D eigenvalue weighted by atomic mass is 9.76. The summed E-state index contributed by atoms with van der Waals surface area (Å²) in [6.45, 7) is 8.12. The molecule has 1 rings (SSSR count). The van der Waals surface area contributed by atoms with Crippen molar-refractivity contribution in [2.24, 2.45) is 0 Å². The molecular weight excluding hydrogens is 202 g/mol. The van der Waals surface area contributed by atoms with E-state index in [9.17, 15) is 4.79 Å². The summed E-state index contributed by atoms with van der Waals surface area (Å²) in [6.07, 6.45) is 8.11. The van der Waals surface area contributed by atoms with Crippen molar-refractivity contribution >= 4 is 6.09 Å². The molecule has 0 unspecified atom stereocenters. The fraction of sp³-hybridized carbons (Fsp3) is 0.769. The molecule has 0 aromatic carbocycles. The van der Waals surface area contributed by atoms with E-state index in [1.54, 1.807) is 4.90 Å². The van der Waals surface area contributed by atoms with Crippen molar-refractivity contribution in [2.75, 3.05) is 6.54 Å². The number of carbonyl (C=O) groups excluding carboxylic acids is 1. The van der Waals surface area contributed by atoms with Crippen LogP contribution < -0.4 is 0 Å². The van der Waals surface area contributed by atoms with Gasteiger partial charge in [0, 0.05) is 6.54 Å². The van der Waals surface area contributed by atoms with Crippen LogP contribution in [0.2, 0.25) is 0 Å². The van der Waals surface area contributed by atoms with Crippen LogP contribution in [-0.4, -0.2) is 28.7 Å². The van der Waals surface area contributed by atoms with Gasteiger partial charge in [-0.05, 0) is 47.0 Å². The predicted octanol–water partition coefficient (Wildman–Crippen LogP) is 2.80. The lowest BCUT2D eigenvalue weighted by Crippen LogP contribution is -2.56. The quantitative estimate of drug-likeness (QED) is 0.674. The highest BCUT2D eigenvalue weighted by Crippen LogP contribution is 2.37. The van der Waals surface area contributed by atoms with Crippen LogP contribution in [0.1, 0.15) is 47.0 Å². The van der Waals surface area contributed by atoms with Gasteiger partial charge < -0.3 is 4.74 Å². The standard InChI is InChI=1S/C13H21NO2/c1-6-13(9-8-10-13)14(7-2)11(15)16-12(3,4)5/h1H,7-10H2,2-5H3. The van der Waals surface area contributed by atoms with E-state index < -0.39 is 11.1 Å². The Hall–Kier alpha value is -1.17. The molecule has 0 atom stereocenters. The molecule has 0 aromatic heterocycles. The normalized spacial score (nSPS) is 18.2. The Labute approximate surface area is 98.1 Å². The molecule has 1 fully saturated rings. The third-order valence-electron chi connectivity index (χ3n) is 2.90. The number of terminal acetylenes is 1. The maximum Gasteiger partial charge on any atom is 0.411 e. The summed E-state index contributed by atoms with van der Waals surface area (Å²) in [5.74, 6) is 2.76. The Kier molecular flexibility index (Phi) is 3.52. The molecule has 0 aliphatic heterocycles. The molecule has 1 amide bonds. The number of hydrogen-bond donors (Lipinski definition) is 0. The van der Waals surface area contributed by atoms with Gasteiger partial charge >= 0.3 is 6.09 Å². The van der Waals surface area contributed by atoms with Crippen LogP contribution >= 0.6 is 0 Å².